The molecule has 4 aliphatic rings. The van der Waals surface area contributed by atoms with Gasteiger partial charge in [0.1, 0.15) is 5.76 Å². The van der Waals surface area contributed by atoms with Gasteiger partial charge in [-0.25, -0.2) is 0 Å². The minimum Gasteiger partial charge on any atom is -0.504 e. The van der Waals surface area contributed by atoms with Crippen molar-refractivity contribution < 1.29 is 14.6 Å². The zero-order valence-electron chi connectivity index (χ0n) is 11.8. The van der Waals surface area contributed by atoms with Crippen molar-refractivity contribution in [2.45, 2.75) is 30.4 Å². The number of aromatic hydroxyl groups is 1. The number of hydrogen-bond acceptors (Lipinski definition) is 4. The molecule has 3 atom stereocenters. The molecule has 1 spiro atoms. The molecule has 4 nitrogen and oxygen atoms in total. The smallest absolute Gasteiger partial charge is 0.169 e. The van der Waals surface area contributed by atoms with E-state index in [-0.39, 0.29) is 17.3 Å². The number of nitrogens with one attached hydrogen (secondary N) is 1. The third-order valence-corrected chi connectivity index (χ3v) is 5.50. The highest BCUT2D eigenvalue weighted by atomic mass is 16.5. The second-order valence-electron chi connectivity index (χ2n) is 6.27. The fourth-order valence-electron chi connectivity index (χ4n) is 4.70. The van der Waals surface area contributed by atoms with Gasteiger partial charge >= 0.3 is 0 Å². The first-order chi connectivity index (χ1) is 10.3. The Morgan fingerprint density at radius 3 is 3.14 bits per heavy atom. The summed E-state index contributed by atoms with van der Waals surface area (Å²) in [5, 5.41) is 13.9. The van der Waals surface area contributed by atoms with Gasteiger partial charge < -0.3 is 19.9 Å². The van der Waals surface area contributed by atoms with Crippen molar-refractivity contribution in [2.24, 2.45) is 0 Å². The number of methoxy groups -OCH3 is 1. The normalized spacial score (nSPS) is 34.5. The number of benzene rings is 1. The summed E-state index contributed by atoms with van der Waals surface area (Å²) in [5.74, 6) is 1.75. The van der Waals surface area contributed by atoms with E-state index in [1.54, 1.807) is 13.2 Å². The van der Waals surface area contributed by atoms with E-state index < -0.39 is 0 Å². The van der Waals surface area contributed by atoms with Gasteiger partial charge in [-0.05, 0) is 42.7 Å². The van der Waals surface area contributed by atoms with Gasteiger partial charge in [-0.15, -0.1) is 0 Å². The summed E-state index contributed by atoms with van der Waals surface area (Å²) < 4.78 is 11.8. The van der Waals surface area contributed by atoms with E-state index in [2.05, 4.69) is 11.4 Å². The van der Waals surface area contributed by atoms with Gasteiger partial charge in [-0.3, -0.25) is 0 Å². The van der Waals surface area contributed by atoms with Crippen LogP contribution in [0.25, 0.3) is 0 Å². The van der Waals surface area contributed by atoms with Gasteiger partial charge in [-0.2, -0.15) is 0 Å². The van der Waals surface area contributed by atoms with Crippen LogP contribution in [-0.2, 0) is 16.6 Å². The van der Waals surface area contributed by atoms with Gasteiger partial charge in [0.05, 0.1) is 12.5 Å². The number of phenols is 1. The average Bonchev–Trinajstić information content (AvgIpc) is 2.83. The fraction of sp³-hybridized carbons (Fsp3) is 0.412. The monoisotopic (exact) mass is 283 g/mol. The highest BCUT2D eigenvalue weighted by Gasteiger charge is 2.60. The summed E-state index contributed by atoms with van der Waals surface area (Å²) >= 11 is 0. The van der Waals surface area contributed by atoms with Crippen LogP contribution in [0.1, 0.15) is 17.5 Å². The van der Waals surface area contributed by atoms with Crippen molar-refractivity contribution >= 4 is 0 Å². The molecular formula is C17H17NO3. The minimum atomic E-state index is -0.155. The Balaban J connectivity index is 1.87. The van der Waals surface area contributed by atoms with Gasteiger partial charge in [0, 0.05) is 11.6 Å². The van der Waals surface area contributed by atoms with Crippen LogP contribution in [0.2, 0.25) is 0 Å². The van der Waals surface area contributed by atoms with Crippen molar-refractivity contribution in [3.63, 3.8) is 0 Å². The lowest BCUT2D eigenvalue weighted by atomic mass is 9.58. The van der Waals surface area contributed by atoms with Crippen LogP contribution >= 0.6 is 0 Å². The number of piperidine rings is 1. The quantitative estimate of drug-likeness (QED) is 0.825. The number of ether oxygens (including phenoxy) is 2. The van der Waals surface area contributed by atoms with Crippen molar-refractivity contribution in [2.75, 3.05) is 13.7 Å². The van der Waals surface area contributed by atoms with E-state index >= 15 is 0 Å². The molecule has 0 amide bonds. The summed E-state index contributed by atoms with van der Waals surface area (Å²) in [6, 6.07) is 4.16. The number of phenolic OH excluding ortho intramolecular Hbond substituents is 1. The molecule has 1 aromatic carbocycles. The predicted molar refractivity (Wildman–Crippen MR) is 77.5 cm³/mol. The van der Waals surface area contributed by atoms with Gasteiger partial charge in [0.2, 0.25) is 0 Å². The Hall–Kier alpha value is -1.94. The summed E-state index contributed by atoms with van der Waals surface area (Å²) in [6.07, 6.45) is 6.01. The zero-order chi connectivity index (χ0) is 14.2. The van der Waals surface area contributed by atoms with E-state index in [0.29, 0.717) is 11.8 Å². The summed E-state index contributed by atoms with van der Waals surface area (Å²) in [7, 11) is 1.69. The molecule has 2 heterocycles. The van der Waals surface area contributed by atoms with Crippen LogP contribution in [0.15, 0.2) is 35.6 Å². The maximum atomic E-state index is 10.2. The zero-order valence-corrected chi connectivity index (χ0v) is 11.8. The Morgan fingerprint density at radius 1 is 1.38 bits per heavy atom. The first-order valence-electron chi connectivity index (χ1n) is 7.47. The van der Waals surface area contributed by atoms with Crippen LogP contribution in [-0.4, -0.2) is 30.9 Å². The molecule has 4 heteroatoms. The lowest BCUT2D eigenvalue weighted by molar-refractivity contribution is 0.0999. The minimum absolute atomic E-state index is 0.144. The molecule has 3 unspecified atom stereocenters. The van der Waals surface area contributed by atoms with Crippen LogP contribution in [0.3, 0.4) is 0 Å². The highest BCUT2D eigenvalue weighted by Crippen LogP contribution is 2.61. The van der Waals surface area contributed by atoms with Gasteiger partial charge in [0.25, 0.3) is 0 Å². The first-order valence-corrected chi connectivity index (χ1v) is 7.47. The van der Waals surface area contributed by atoms with E-state index in [1.165, 1.54) is 16.7 Å². The van der Waals surface area contributed by atoms with Crippen LogP contribution < -0.4 is 10.1 Å². The van der Waals surface area contributed by atoms with Crippen LogP contribution in [0.5, 0.6) is 11.5 Å². The highest BCUT2D eigenvalue weighted by molar-refractivity contribution is 5.67. The Kier molecular flexibility index (Phi) is 2.02. The Morgan fingerprint density at radius 2 is 2.29 bits per heavy atom. The molecule has 1 fully saturated rings. The van der Waals surface area contributed by atoms with E-state index in [1.807, 2.05) is 12.1 Å². The lowest BCUT2D eigenvalue weighted by Crippen LogP contribution is -2.58. The van der Waals surface area contributed by atoms with Gasteiger partial charge in [0.15, 0.2) is 17.6 Å². The second kappa shape index (κ2) is 3.63. The van der Waals surface area contributed by atoms with Crippen LogP contribution in [0, 0.1) is 0 Å². The predicted octanol–water partition coefficient (Wildman–Crippen LogP) is 1.78. The van der Waals surface area contributed by atoms with Crippen molar-refractivity contribution in [1.29, 1.82) is 0 Å². The van der Waals surface area contributed by atoms with Gasteiger partial charge in [-0.1, -0.05) is 12.1 Å². The number of hydrogen-bond donors (Lipinski definition) is 2. The molecule has 108 valence electrons. The largest absolute Gasteiger partial charge is 0.504 e. The molecule has 2 N–H and O–H groups in total. The Bertz CT molecular complexity index is 721. The maximum Gasteiger partial charge on any atom is 0.169 e. The number of allylic oxidation sites excluding steroid dienone is 2. The molecular weight excluding hydrogens is 266 g/mol. The molecule has 21 heavy (non-hydrogen) atoms. The van der Waals surface area contributed by atoms with Crippen LogP contribution in [0.4, 0.5) is 0 Å². The fourth-order valence-corrected chi connectivity index (χ4v) is 4.70. The maximum absolute atomic E-state index is 10.2. The topological polar surface area (TPSA) is 50.7 Å². The van der Waals surface area contributed by atoms with Crippen molar-refractivity contribution in [3.05, 3.63) is 46.7 Å². The first kappa shape index (κ1) is 11.7. The number of rotatable bonds is 1. The van der Waals surface area contributed by atoms with Crippen molar-refractivity contribution in [1.82, 2.24) is 5.32 Å². The summed E-state index contributed by atoms with van der Waals surface area (Å²) in [6.45, 7) is 0.966. The molecule has 0 saturated carbocycles. The third-order valence-electron chi connectivity index (χ3n) is 5.50. The summed E-state index contributed by atoms with van der Waals surface area (Å²) in [5.41, 5.74) is 3.71. The molecule has 1 saturated heterocycles. The molecule has 2 aliphatic heterocycles. The van der Waals surface area contributed by atoms with Crippen molar-refractivity contribution in [3.8, 4) is 11.5 Å². The average molecular weight is 283 g/mol. The second-order valence-corrected chi connectivity index (χ2v) is 6.27. The Labute approximate surface area is 123 Å². The standard InChI is InChI=1S/C17H17NO3/c1-20-13-5-3-10-11-8-9-2-4-12(19)15-14(9)17(10,6-7-18-11)16(13)21-15/h2-5,11,16,18-19H,6-8H2,1H3. The molecule has 0 aromatic heterocycles. The molecule has 2 aliphatic carbocycles. The third kappa shape index (κ3) is 1.17. The molecule has 2 bridgehead atoms. The SMILES string of the molecule is COC1=CC=C2C3Cc4ccc(O)c5c4C2(CCN3)C1O5. The molecule has 5 rings (SSSR count). The molecule has 1 aromatic rings. The van der Waals surface area contributed by atoms with E-state index in [9.17, 15) is 5.11 Å². The van der Waals surface area contributed by atoms with E-state index in [0.717, 1.165) is 25.1 Å². The lowest BCUT2D eigenvalue weighted by Gasteiger charge is -2.49. The summed E-state index contributed by atoms with van der Waals surface area (Å²) in [4.78, 5) is 0. The van der Waals surface area contributed by atoms with E-state index in [4.69, 9.17) is 9.47 Å². The molecule has 0 radical (unpaired) electrons.